The minimum absolute atomic E-state index is 0.00444. The number of hydrogen-bond donors (Lipinski definition) is 5. The van der Waals surface area contributed by atoms with Crippen molar-refractivity contribution in [3.8, 4) is 0 Å². The average Bonchev–Trinajstić information content (AvgIpc) is 2.46. The fourth-order valence-corrected chi connectivity index (χ4v) is 1.97. The van der Waals surface area contributed by atoms with Gasteiger partial charge in [0.25, 0.3) is 0 Å². The predicted molar refractivity (Wildman–Crippen MR) is 80.6 cm³/mol. The molecule has 0 aliphatic rings. The van der Waals surface area contributed by atoms with Crippen LogP contribution in [0, 0.1) is 10.8 Å². The first-order valence-corrected chi connectivity index (χ1v) is 6.23. The number of guanidine groups is 2. The minimum Gasteiger partial charge on any atom is -0.370 e. The molecule has 2 rings (SSSR count). The van der Waals surface area contributed by atoms with E-state index in [4.69, 9.17) is 16.6 Å². The quantitative estimate of drug-likeness (QED) is 0.433. The highest BCUT2D eigenvalue weighted by atomic mass is 15.2. The minimum atomic E-state index is -0.262. The molecule has 2 aromatic carbocycles. The molecule has 0 radical (unpaired) electrons. The van der Waals surface area contributed by atoms with Crippen LogP contribution in [0.1, 0.15) is 17.2 Å². The summed E-state index contributed by atoms with van der Waals surface area (Å²) in [6.45, 7) is 0. The third-order valence-electron chi connectivity index (χ3n) is 2.81. The summed E-state index contributed by atoms with van der Waals surface area (Å²) in [6.07, 6.45) is 0. The smallest absolute Gasteiger partial charge is 0.195 e. The molecule has 0 spiro atoms. The van der Waals surface area contributed by atoms with Crippen molar-refractivity contribution in [3.05, 3.63) is 71.8 Å². The van der Waals surface area contributed by atoms with Crippen molar-refractivity contribution < 1.29 is 0 Å². The van der Waals surface area contributed by atoms with Crippen molar-refractivity contribution in [1.29, 1.82) is 10.8 Å². The van der Waals surface area contributed by atoms with Crippen LogP contribution in [0.5, 0.6) is 0 Å². The molecule has 5 heteroatoms. The van der Waals surface area contributed by atoms with Gasteiger partial charge in [-0.05, 0) is 11.1 Å². The molecule has 0 fully saturated rings. The van der Waals surface area contributed by atoms with Crippen molar-refractivity contribution in [2.75, 3.05) is 0 Å². The molecular weight excluding hydrogens is 250 g/mol. The molecule has 2 aromatic rings. The fourth-order valence-electron chi connectivity index (χ4n) is 1.97. The first-order valence-electron chi connectivity index (χ1n) is 6.23. The standard InChI is InChI=1S/C15H17N5/c16-14(17)20-15(18)19-13(11-7-3-1-4-8-11)12-9-5-2-6-10-12/h1-10,13H,(H6,16,17,18,19,20). The van der Waals surface area contributed by atoms with Gasteiger partial charge >= 0.3 is 0 Å². The van der Waals surface area contributed by atoms with Crippen LogP contribution in [-0.2, 0) is 0 Å². The van der Waals surface area contributed by atoms with Gasteiger partial charge in [-0.2, -0.15) is 0 Å². The second-order valence-electron chi connectivity index (χ2n) is 4.31. The molecule has 0 saturated heterocycles. The van der Waals surface area contributed by atoms with Gasteiger partial charge < -0.3 is 11.1 Å². The summed E-state index contributed by atoms with van der Waals surface area (Å²) in [5.41, 5.74) is 7.31. The van der Waals surface area contributed by atoms with Crippen molar-refractivity contribution >= 4 is 11.9 Å². The molecule has 0 unspecified atom stereocenters. The van der Waals surface area contributed by atoms with E-state index in [0.717, 1.165) is 11.1 Å². The highest BCUT2D eigenvalue weighted by Gasteiger charge is 2.14. The molecule has 0 aliphatic heterocycles. The average molecular weight is 267 g/mol. The molecule has 0 saturated carbocycles. The van der Waals surface area contributed by atoms with Gasteiger partial charge in [-0.25, -0.2) is 0 Å². The van der Waals surface area contributed by atoms with Gasteiger partial charge in [0, 0.05) is 0 Å². The Morgan fingerprint density at radius 3 is 1.70 bits per heavy atom. The number of hydrogen-bond acceptors (Lipinski definition) is 2. The summed E-state index contributed by atoms with van der Waals surface area (Å²) >= 11 is 0. The Bertz CT molecular complexity index is 540. The third kappa shape index (κ3) is 3.58. The van der Waals surface area contributed by atoms with Gasteiger partial charge in [-0.1, -0.05) is 60.7 Å². The molecule has 0 amide bonds. The van der Waals surface area contributed by atoms with E-state index in [1.54, 1.807) is 0 Å². The number of benzene rings is 2. The molecule has 0 bridgehead atoms. The maximum Gasteiger partial charge on any atom is 0.195 e. The molecule has 20 heavy (non-hydrogen) atoms. The third-order valence-corrected chi connectivity index (χ3v) is 2.81. The SMILES string of the molecule is N=C(N)NC(=N)NC(c1ccccc1)c1ccccc1. The van der Waals surface area contributed by atoms with Crippen molar-refractivity contribution in [2.45, 2.75) is 6.04 Å². The number of rotatable bonds is 3. The fraction of sp³-hybridized carbons (Fsp3) is 0.0667. The second kappa shape index (κ2) is 6.38. The van der Waals surface area contributed by atoms with Gasteiger partial charge in [-0.15, -0.1) is 0 Å². The molecule has 0 heterocycles. The van der Waals surface area contributed by atoms with E-state index < -0.39 is 0 Å². The Balaban J connectivity index is 2.26. The first kappa shape index (κ1) is 13.6. The lowest BCUT2D eigenvalue weighted by Crippen LogP contribution is -2.44. The van der Waals surface area contributed by atoms with Crippen molar-refractivity contribution in [1.82, 2.24) is 10.6 Å². The van der Waals surface area contributed by atoms with E-state index in [9.17, 15) is 0 Å². The Hall–Kier alpha value is -2.82. The summed E-state index contributed by atoms with van der Waals surface area (Å²) in [4.78, 5) is 0. The summed E-state index contributed by atoms with van der Waals surface area (Å²) in [7, 11) is 0. The number of nitrogens with two attached hydrogens (primary N) is 1. The molecule has 102 valence electrons. The zero-order valence-corrected chi connectivity index (χ0v) is 10.9. The summed E-state index contributed by atoms with van der Waals surface area (Å²) in [5, 5.41) is 20.4. The van der Waals surface area contributed by atoms with Gasteiger partial charge in [0.2, 0.25) is 0 Å². The van der Waals surface area contributed by atoms with E-state index >= 15 is 0 Å². The van der Waals surface area contributed by atoms with Crippen LogP contribution in [-0.4, -0.2) is 11.9 Å². The van der Waals surface area contributed by atoms with E-state index in [0.29, 0.717) is 0 Å². The van der Waals surface area contributed by atoms with Crippen molar-refractivity contribution in [2.24, 2.45) is 5.73 Å². The van der Waals surface area contributed by atoms with Crippen LogP contribution in [0.15, 0.2) is 60.7 Å². The molecule has 6 N–H and O–H groups in total. The predicted octanol–water partition coefficient (Wildman–Crippen LogP) is 1.78. The van der Waals surface area contributed by atoms with Gasteiger partial charge in [0.05, 0.1) is 6.04 Å². The highest BCUT2D eigenvalue weighted by Crippen LogP contribution is 2.21. The summed E-state index contributed by atoms with van der Waals surface area (Å²) in [5.74, 6) is -0.266. The van der Waals surface area contributed by atoms with E-state index in [1.165, 1.54) is 0 Å². The largest absolute Gasteiger partial charge is 0.370 e. The van der Waals surface area contributed by atoms with Crippen LogP contribution < -0.4 is 16.4 Å². The first-order chi connectivity index (χ1) is 9.66. The number of nitrogens with one attached hydrogen (secondary N) is 4. The summed E-state index contributed by atoms with van der Waals surface area (Å²) < 4.78 is 0. The molecule has 0 aromatic heterocycles. The maximum atomic E-state index is 7.81. The normalized spacial score (nSPS) is 10.1. The van der Waals surface area contributed by atoms with E-state index in [-0.39, 0.29) is 18.0 Å². The van der Waals surface area contributed by atoms with Crippen LogP contribution in [0.2, 0.25) is 0 Å². The molecule has 0 aliphatic carbocycles. The Morgan fingerprint density at radius 2 is 1.30 bits per heavy atom. The van der Waals surface area contributed by atoms with Crippen LogP contribution in [0.25, 0.3) is 0 Å². The van der Waals surface area contributed by atoms with Crippen LogP contribution in [0.4, 0.5) is 0 Å². The molecule has 5 nitrogen and oxygen atoms in total. The van der Waals surface area contributed by atoms with E-state index in [1.807, 2.05) is 60.7 Å². The second-order valence-corrected chi connectivity index (χ2v) is 4.31. The van der Waals surface area contributed by atoms with Crippen LogP contribution >= 0.6 is 0 Å². The zero-order chi connectivity index (χ0) is 14.4. The van der Waals surface area contributed by atoms with Crippen molar-refractivity contribution in [3.63, 3.8) is 0 Å². The lowest BCUT2D eigenvalue weighted by atomic mass is 9.99. The van der Waals surface area contributed by atoms with Gasteiger partial charge in [0.1, 0.15) is 0 Å². The van der Waals surface area contributed by atoms with Gasteiger partial charge in [-0.3, -0.25) is 16.1 Å². The molecular formula is C15H17N5. The van der Waals surface area contributed by atoms with Crippen LogP contribution in [0.3, 0.4) is 0 Å². The Kier molecular flexibility index (Phi) is 4.34. The van der Waals surface area contributed by atoms with Gasteiger partial charge in [0.15, 0.2) is 11.9 Å². The lowest BCUT2D eigenvalue weighted by Gasteiger charge is -2.21. The summed E-state index contributed by atoms with van der Waals surface area (Å²) in [6, 6.07) is 19.5. The Morgan fingerprint density at radius 1 is 0.850 bits per heavy atom. The zero-order valence-electron chi connectivity index (χ0n) is 10.9. The van der Waals surface area contributed by atoms with E-state index in [2.05, 4.69) is 10.6 Å². The maximum absolute atomic E-state index is 7.81. The lowest BCUT2D eigenvalue weighted by molar-refractivity contribution is 0.744. The molecule has 0 atom stereocenters. The highest BCUT2D eigenvalue weighted by molar-refractivity contribution is 5.95. The Labute approximate surface area is 117 Å². The monoisotopic (exact) mass is 267 g/mol. The topological polar surface area (TPSA) is 97.8 Å².